The summed E-state index contributed by atoms with van der Waals surface area (Å²) >= 11 is 0. The van der Waals surface area contributed by atoms with Gasteiger partial charge < -0.3 is 4.74 Å². The molecule has 2 rings (SSSR count). The van der Waals surface area contributed by atoms with Crippen molar-refractivity contribution in [2.45, 2.75) is 59.2 Å². The third-order valence-electron chi connectivity index (χ3n) is 4.03. The van der Waals surface area contributed by atoms with E-state index in [0.29, 0.717) is 13.0 Å². The largest absolute Gasteiger partial charge is 0.378 e. The maximum absolute atomic E-state index is 12.1. The van der Waals surface area contributed by atoms with Crippen LogP contribution in [0, 0.1) is 13.8 Å². The summed E-state index contributed by atoms with van der Waals surface area (Å²) in [5.41, 5.74) is 2.88. The first-order valence-corrected chi connectivity index (χ1v) is 9.20. The lowest BCUT2D eigenvalue weighted by Crippen LogP contribution is -2.28. The van der Waals surface area contributed by atoms with E-state index in [0.717, 1.165) is 42.9 Å². The summed E-state index contributed by atoms with van der Waals surface area (Å²) in [6, 6.07) is 0. The van der Waals surface area contributed by atoms with Gasteiger partial charge in [-0.2, -0.15) is 5.10 Å². The maximum atomic E-state index is 12.1. The maximum Gasteiger partial charge on any atom is 0.211 e. The van der Waals surface area contributed by atoms with Crippen molar-refractivity contribution in [3.8, 4) is 0 Å². The Morgan fingerprint density at radius 3 is 2.76 bits per heavy atom. The van der Waals surface area contributed by atoms with E-state index in [9.17, 15) is 8.42 Å². The Balaban J connectivity index is 1.90. The predicted octanol–water partition coefficient (Wildman–Crippen LogP) is 1.51. The third-order valence-corrected chi connectivity index (χ3v) is 5.39. The molecule has 1 aliphatic heterocycles. The van der Waals surface area contributed by atoms with Crippen LogP contribution in [0.15, 0.2) is 0 Å². The minimum absolute atomic E-state index is 0.105. The zero-order valence-electron chi connectivity index (χ0n) is 13.1. The molecule has 0 aliphatic carbocycles. The fourth-order valence-electron chi connectivity index (χ4n) is 2.71. The number of nitrogens with one attached hydrogen (secondary N) is 1. The lowest BCUT2D eigenvalue weighted by molar-refractivity contribution is 0.109. The van der Waals surface area contributed by atoms with Gasteiger partial charge in [-0.25, -0.2) is 13.1 Å². The molecule has 2 heterocycles. The highest BCUT2D eigenvalue weighted by Gasteiger charge is 2.20. The van der Waals surface area contributed by atoms with Crippen LogP contribution < -0.4 is 4.72 Å². The minimum Gasteiger partial charge on any atom is -0.378 e. The molecule has 1 N–H and O–H groups in total. The third kappa shape index (κ3) is 4.28. The number of ether oxygens (including phenoxy) is 1. The normalized spacial score (nSPS) is 19.3. The molecule has 0 amide bonds. The molecule has 7 heteroatoms. The molecule has 1 aromatic rings. The summed E-state index contributed by atoms with van der Waals surface area (Å²) in [4.78, 5) is 0. The van der Waals surface area contributed by atoms with Crippen molar-refractivity contribution in [3.63, 3.8) is 0 Å². The summed E-state index contributed by atoms with van der Waals surface area (Å²) in [7, 11) is -3.27. The van der Waals surface area contributed by atoms with Crippen LogP contribution in [0.5, 0.6) is 0 Å². The molecule has 1 fully saturated rings. The van der Waals surface area contributed by atoms with Gasteiger partial charge in [-0.3, -0.25) is 4.68 Å². The molecule has 0 aromatic carbocycles. The molecule has 0 saturated carbocycles. The van der Waals surface area contributed by atoms with E-state index in [1.807, 2.05) is 25.5 Å². The fourth-order valence-corrected chi connectivity index (χ4v) is 3.79. The summed E-state index contributed by atoms with van der Waals surface area (Å²) < 4.78 is 34.2. The number of aromatic nitrogens is 2. The van der Waals surface area contributed by atoms with E-state index in [4.69, 9.17) is 4.74 Å². The Bertz CT molecular complexity index is 575. The SMILES string of the molecule is CCn1nc(C)c(CNS(=O)(=O)CC[C@@H]2CCCO2)c1C. The molecule has 1 atom stereocenters. The second kappa shape index (κ2) is 6.89. The summed E-state index contributed by atoms with van der Waals surface area (Å²) in [5.74, 6) is 0.123. The molecular weight excluding hydrogens is 290 g/mol. The Hall–Kier alpha value is -0.920. The molecule has 0 spiro atoms. The first kappa shape index (κ1) is 16.5. The molecule has 120 valence electrons. The summed E-state index contributed by atoms with van der Waals surface area (Å²) in [5, 5.41) is 4.40. The molecule has 1 aromatic heterocycles. The van der Waals surface area contributed by atoms with Gasteiger partial charge in [0.1, 0.15) is 0 Å². The van der Waals surface area contributed by atoms with Crippen LogP contribution in [0.4, 0.5) is 0 Å². The second-order valence-corrected chi connectivity index (χ2v) is 7.46. The predicted molar refractivity (Wildman–Crippen MR) is 81.6 cm³/mol. The molecule has 0 bridgehead atoms. The minimum atomic E-state index is -3.27. The van der Waals surface area contributed by atoms with Crippen molar-refractivity contribution >= 4 is 10.0 Å². The van der Waals surface area contributed by atoms with Gasteiger partial charge in [-0.15, -0.1) is 0 Å². The van der Waals surface area contributed by atoms with E-state index in [2.05, 4.69) is 9.82 Å². The van der Waals surface area contributed by atoms with Gasteiger partial charge in [0, 0.05) is 31.0 Å². The topological polar surface area (TPSA) is 73.2 Å². The average molecular weight is 315 g/mol. The quantitative estimate of drug-likeness (QED) is 0.828. The summed E-state index contributed by atoms with van der Waals surface area (Å²) in [6.45, 7) is 7.76. The molecule has 21 heavy (non-hydrogen) atoms. The molecular formula is C14H25N3O3S. The van der Waals surface area contributed by atoms with Gasteiger partial charge in [-0.05, 0) is 40.0 Å². The van der Waals surface area contributed by atoms with E-state index < -0.39 is 10.0 Å². The lowest BCUT2D eigenvalue weighted by Gasteiger charge is -2.11. The van der Waals surface area contributed by atoms with E-state index in [1.165, 1.54) is 0 Å². The number of aryl methyl sites for hydroxylation is 2. The van der Waals surface area contributed by atoms with Crippen LogP contribution in [0.2, 0.25) is 0 Å². The molecule has 1 saturated heterocycles. The fraction of sp³-hybridized carbons (Fsp3) is 0.786. The summed E-state index contributed by atoms with van der Waals surface area (Å²) in [6.07, 6.45) is 2.68. The smallest absolute Gasteiger partial charge is 0.211 e. The van der Waals surface area contributed by atoms with E-state index in [1.54, 1.807) is 0 Å². The van der Waals surface area contributed by atoms with Crippen molar-refractivity contribution in [1.29, 1.82) is 0 Å². The Morgan fingerprint density at radius 2 is 2.19 bits per heavy atom. The number of hydrogen-bond donors (Lipinski definition) is 1. The van der Waals surface area contributed by atoms with Crippen LogP contribution in [0.3, 0.4) is 0 Å². The van der Waals surface area contributed by atoms with Crippen molar-refractivity contribution in [2.75, 3.05) is 12.4 Å². The van der Waals surface area contributed by atoms with Gasteiger partial charge in [0.15, 0.2) is 0 Å². The van der Waals surface area contributed by atoms with Gasteiger partial charge in [-0.1, -0.05) is 0 Å². The Morgan fingerprint density at radius 1 is 1.43 bits per heavy atom. The number of sulfonamides is 1. The molecule has 0 unspecified atom stereocenters. The monoisotopic (exact) mass is 315 g/mol. The number of nitrogens with zero attached hydrogens (tertiary/aromatic N) is 2. The number of rotatable bonds is 7. The van der Waals surface area contributed by atoms with Gasteiger partial charge in [0.05, 0.1) is 17.6 Å². The first-order chi connectivity index (χ1) is 9.93. The lowest BCUT2D eigenvalue weighted by atomic mass is 10.2. The van der Waals surface area contributed by atoms with Gasteiger partial charge in [0.25, 0.3) is 0 Å². The molecule has 1 aliphatic rings. The van der Waals surface area contributed by atoms with Gasteiger partial charge in [0.2, 0.25) is 10.0 Å². The van der Waals surface area contributed by atoms with Crippen molar-refractivity contribution in [1.82, 2.24) is 14.5 Å². The molecule has 0 radical (unpaired) electrons. The van der Waals surface area contributed by atoms with Crippen LogP contribution in [0.1, 0.15) is 43.1 Å². The Labute approximate surface area is 126 Å². The standard InChI is InChI=1S/C14H25N3O3S/c1-4-17-12(3)14(11(2)16-17)10-15-21(18,19)9-7-13-6-5-8-20-13/h13,15H,4-10H2,1-3H3/t13-/m0/s1. The van der Waals surface area contributed by atoms with Crippen LogP contribution in [0.25, 0.3) is 0 Å². The molecule has 6 nitrogen and oxygen atoms in total. The van der Waals surface area contributed by atoms with Crippen LogP contribution in [-0.4, -0.2) is 36.7 Å². The zero-order chi connectivity index (χ0) is 15.5. The number of hydrogen-bond acceptors (Lipinski definition) is 4. The van der Waals surface area contributed by atoms with Crippen LogP contribution >= 0.6 is 0 Å². The highest BCUT2D eigenvalue weighted by Crippen LogP contribution is 2.16. The van der Waals surface area contributed by atoms with Crippen molar-refractivity contribution in [3.05, 3.63) is 17.0 Å². The van der Waals surface area contributed by atoms with E-state index in [-0.39, 0.29) is 11.9 Å². The van der Waals surface area contributed by atoms with Crippen LogP contribution in [-0.2, 0) is 27.8 Å². The van der Waals surface area contributed by atoms with Gasteiger partial charge >= 0.3 is 0 Å². The van der Waals surface area contributed by atoms with Crippen molar-refractivity contribution < 1.29 is 13.2 Å². The second-order valence-electron chi connectivity index (χ2n) is 5.53. The van der Waals surface area contributed by atoms with E-state index >= 15 is 0 Å². The zero-order valence-corrected chi connectivity index (χ0v) is 13.9. The highest BCUT2D eigenvalue weighted by molar-refractivity contribution is 7.89. The first-order valence-electron chi connectivity index (χ1n) is 7.54. The average Bonchev–Trinajstić information content (AvgIpc) is 3.04. The highest BCUT2D eigenvalue weighted by atomic mass is 32.2. The Kier molecular flexibility index (Phi) is 5.40. The van der Waals surface area contributed by atoms with Crippen molar-refractivity contribution in [2.24, 2.45) is 0 Å².